The van der Waals surface area contributed by atoms with Crippen molar-refractivity contribution in [2.75, 3.05) is 0 Å². The predicted molar refractivity (Wildman–Crippen MR) is 131 cm³/mol. The lowest BCUT2D eigenvalue weighted by atomic mass is 10.0. The SMILES string of the molecule is CCc1cccc2c(C(=O)C(Sc3nnc(Cc4csc(C)n4)o3)c3ccccc3)c[nH]c12. The van der Waals surface area contributed by atoms with E-state index in [1.54, 1.807) is 11.3 Å². The molecule has 5 rings (SSSR count). The molecule has 0 bridgehead atoms. The van der Waals surface area contributed by atoms with Gasteiger partial charge in [-0.3, -0.25) is 4.79 Å². The van der Waals surface area contributed by atoms with Crippen molar-refractivity contribution >= 4 is 39.8 Å². The first-order valence-electron chi connectivity index (χ1n) is 10.7. The summed E-state index contributed by atoms with van der Waals surface area (Å²) in [5, 5.41) is 12.2. The molecule has 0 amide bonds. The number of para-hydroxylation sites is 1. The van der Waals surface area contributed by atoms with Gasteiger partial charge in [0.15, 0.2) is 5.78 Å². The number of carbonyl (C=O) groups excluding carboxylic acids is 1. The largest absolute Gasteiger partial charge is 0.416 e. The van der Waals surface area contributed by atoms with E-state index in [0.29, 0.717) is 23.1 Å². The number of thioether (sulfide) groups is 1. The number of aryl methyl sites for hydroxylation is 2. The van der Waals surface area contributed by atoms with E-state index in [4.69, 9.17) is 4.42 Å². The molecule has 0 radical (unpaired) electrons. The minimum absolute atomic E-state index is 0.000536. The van der Waals surface area contributed by atoms with E-state index >= 15 is 0 Å². The Morgan fingerprint density at radius 3 is 2.76 bits per heavy atom. The fraction of sp³-hybridized carbons (Fsp3) is 0.200. The molecule has 1 unspecified atom stereocenters. The third-order valence-corrected chi connectivity index (χ3v) is 7.37. The molecular formula is C25H22N4O2S2. The van der Waals surface area contributed by atoms with Crippen LogP contribution < -0.4 is 0 Å². The molecule has 5 aromatic rings. The van der Waals surface area contributed by atoms with Crippen molar-refractivity contribution in [2.24, 2.45) is 0 Å². The Bertz CT molecular complexity index is 1400. The Morgan fingerprint density at radius 2 is 2.00 bits per heavy atom. The van der Waals surface area contributed by atoms with Gasteiger partial charge in [0, 0.05) is 28.0 Å². The summed E-state index contributed by atoms with van der Waals surface area (Å²) in [6, 6.07) is 15.8. The highest BCUT2D eigenvalue weighted by molar-refractivity contribution is 8.00. The van der Waals surface area contributed by atoms with Gasteiger partial charge >= 0.3 is 0 Å². The number of benzene rings is 2. The molecule has 0 aliphatic rings. The lowest BCUT2D eigenvalue weighted by molar-refractivity contribution is 0.0990. The van der Waals surface area contributed by atoms with E-state index in [-0.39, 0.29) is 5.78 Å². The average molecular weight is 475 g/mol. The summed E-state index contributed by atoms with van der Waals surface area (Å²) in [5.74, 6) is 0.488. The number of thiazole rings is 1. The minimum atomic E-state index is -0.509. The minimum Gasteiger partial charge on any atom is -0.416 e. The molecular weight excluding hydrogens is 452 g/mol. The van der Waals surface area contributed by atoms with Gasteiger partial charge in [0.2, 0.25) is 5.89 Å². The normalized spacial score (nSPS) is 12.3. The van der Waals surface area contributed by atoms with E-state index in [1.165, 1.54) is 17.3 Å². The van der Waals surface area contributed by atoms with Gasteiger partial charge in [-0.2, -0.15) is 0 Å². The van der Waals surface area contributed by atoms with Crippen LogP contribution in [0.25, 0.3) is 10.9 Å². The third kappa shape index (κ3) is 4.49. The Labute approximate surface area is 199 Å². The number of hydrogen-bond donors (Lipinski definition) is 1. The van der Waals surface area contributed by atoms with E-state index in [2.05, 4.69) is 33.2 Å². The summed E-state index contributed by atoms with van der Waals surface area (Å²) in [5.41, 5.74) is 4.66. The lowest BCUT2D eigenvalue weighted by Gasteiger charge is -2.13. The standard InChI is InChI=1S/C25H22N4O2S2/c1-3-16-10-7-11-19-20(13-26-22(16)19)23(30)24(17-8-5-4-6-9-17)33-25-29-28-21(31-25)12-18-14-32-15(2)27-18/h4-11,13-14,24,26H,3,12H2,1-2H3. The summed E-state index contributed by atoms with van der Waals surface area (Å²) < 4.78 is 5.89. The van der Waals surface area contributed by atoms with E-state index in [0.717, 1.165) is 33.6 Å². The first-order valence-corrected chi connectivity index (χ1v) is 12.5. The summed E-state index contributed by atoms with van der Waals surface area (Å²) >= 11 is 2.87. The van der Waals surface area contributed by atoms with Crippen molar-refractivity contribution in [1.29, 1.82) is 0 Å². The van der Waals surface area contributed by atoms with Crippen LogP contribution in [-0.2, 0) is 12.8 Å². The van der Waals surface area contributed by atoms with Crippen LogP contribution >= 0.6 is 23.1 Å². The number of aromatic amines is 1. The van der Waals surface area contributed by atoms with Gasteiger partial charge in [0.25, 0.3) is 5.22 Å². The molecule has 6 nitrogen and oxygen atoms in total. The van der Waals surface area contributed by atoms with Crippen molar-refractivity contribution in [2.45, 2.75) is 37.2 Å². The summed E-state index contributed by atoms with van der Waals surface area (Å²) in [4.78, 5) is 21.5. The van der Waals surface area contributed by atoms with Crippen LogP contribution in [-0.4, -0.2) is 25.9 Å². The zero-order valence-corrected chi connectivity index (χ0v) is 19.9. The maximum absolute atomic E-state index is 13.8. The van der Waals surface area contributed by atoms with Crippen LogP contribution in [0.5, 0.6) is 0 Å². The maximum Gasteiger partial charge on any atom is 0.277 e. The van der Waals surface area contributed by atoms with Crippen molar-refractivity contribution in [1.82, 2.24) is 20.2 Å². The number of carbonyl (C=O) groups is 1. The number of H-pyrrole nitrogens is 1. The van der Waals surface area contributed by atoms with Gasteiger partial charge < -0.3 is 9.40 Å². The molecule has 33 heavy (non-hydrogen) atoms. The van der Waals surface area contributed by atoms with Crippen LogP contribution in [0.1, 0.15) is 50.3 Å². The number of hydrogen-bond acceptors (Lipinski definition) is 7. The topological polar surface area (TPSA) is 84.7 Å². The van der Waals surface area contributed by atoms with Crippen molar-refractivity contribution in [3.63, 3.8) is 0 Å². The monoisotopic (exact) mass is 474 g/mol. The second kappa shape index (κ2) is 9.33. The molecule has 2 aromatic carbocycles. The lowest BCUT2D eigenvalue weighted by Crippen LogP contribution is -2.09. The Hall–Kier alpha value is -3.23. The van der Waals surface area contributed by atoms with E-state index in [1.807, 2.05) is 61.0 Å². The quantitative estimate of drug-likeness (QED) is 0.213. The number of ketones is 1. The molecule has 3 heterocycles. The first-order chi connectivity index (χ1) is 16.1. The van der Waals surface area contributed by atoms with Crippen LogP contribution in [0.2, 0.25) is 0 Å². The Kier molecular flexibility index (Phi) is 6.11. The van der Waals surface area contributed by atoms with Crippen LogP contribution in [0, 0.1) is 6.92 Å². The summed E-state index contributed by atoms with van der Waals surface area (Å²) in [6.07, 6.45) is 3.18. The highest BCUT2D eigenvalue weighted by Crippen LogP contribution is 2.39. The van der Waals surface area contributed by atoms with Gasteiger partial charge in [-0.05, 0) is 36.2 Å². The molecule has 0 saturated heterocycles. The molecule has 3 aromatic heterocycles. The number of fused-ring (bicyclic) bond motifs is 1. The number of Topliss-reactive ketones (excluding diaryl/α,β-unsaturated/α-hetero) is 1. The molecule has 0 aliphatic heterocycles. The zero-order valence-electron chi connectivity index (χ0n) is 18.2. The molecule has 1 N–H and O–H groups in total. The summed E-state index contributed by atoms with van der Waals surface area (Å²) in [7, 11) is 0. The van der Waals surface area contributed by atoms with Crippen molar-refractivity contribution < 1.29 is 9.21 Å². The van der Waals surface area contributed by atoms with Crippen molar-refractivity contribution in [3.05, 3.63) is 93.4 Å². The molecule has 0 saturated carbocycles. The average Bonchev–Trinajstić information content (AvgIpc) is 3.57. The van der Waals surface area contributed by atoms with Crippen molar-refractivity contribution in [3.8, 4) is 0 Å². The first kappa shape index (κ1) is 21.6. The molecule has 1 atom stereocenters. The number of aromatic nitrogens is 4. The predicted octanol–water partition coefficient (Wildman–Crippen LogP) is 6.19. The number of rotatable bonds is 8. The van der Waals surface area contributed by atoms with Gasteiger partial charge in [0.1, 0.15) is 5.25 Å². The zero-order chi connectivity index (χ0) is 22.8. The van der Waals surface area contributed by atoms with Gasteiger partial charge in [0.05, 0.1) is 17.1 Å². The highest BCUT2D eigenvalue weighted by atomic mass is 32.2. The van der Waals surface area contributed by atoms with Crippen LogP contribution in [0.4, 0.5) is 0 Å². The van der Waals surface area contributed by atoms with Gasteiger partial charge in [-0.25, -0.2) is 4.98 Å². The van der Waals surface area contributed by atoms with E-state index in [9.17, 15) is 4.79 Å². The van der Waals surface area contributed by atoms with Crippen LogP contribution in [0.3, 0.4) is 0 Å². The number of nitrogens with one attached hydrogen (secondary N) is 1. The van der Waals surface area contributed by atoms with Gasteiger partial charge in [-0.1, -0.05) is 55.5 Å². The molecule has 166 valence electrons. The number of nitrogens with zero attached hydrogens (tertiary/aromatic N) is 3. The summed E-state index contributed by atoms with van der Waals surface area (Å²) in [6.45, 7) is 4.08. The van der Waals surface area contributed by atoms with Crippen LogP contribution in [0.15, 0.2) is 69.7 Å². The maximum atomic E-state index is 13.8. The fourth-order valence-corrected chi connectivity index (χ4v) is 5.43. The molecule has 0 fully saturated rings. The molecule has 8 heteroatoms. The van der Waals surface area contributed by atoms with Gasteiger partial charge in [-0.15, -0.1) is 21.5 Å². The second-order valence-electron chi connectivity index (χ2n) is 7.66. The Balaban J connectivity index is 1.46. The second-order valence-corrected chi connectivity index (χ2v) is 9.78. The fourth-order valence-electron chi connectivity index (χ4n) is 3.86. The molecule has 0 aliphatic carbocycles. The van der Waals surface area contributed by atoms with E-state index < -0.39 is 5.25 Å². The third-order valence-electron chi connectivity index (χ3n) is 5.45. The highest BCUT2D eigenvalue weighted by Gasteiger charge is 2.28. The molecule has 0 spiro atoms. The smallest absolute Gasteiger partial charge is 0.277 e. The Morgan fingerprint density at radius 1 is 1.15 bits per heavy atom.